The number of hydrogen-bond acceptors (Lipinski definition) is 4. The number of nitrogens with zero attached hydrogens (tertiary/aromatic N) is 1. The molecule has 0 fully saturated rings. The molecule has 0 amide bonds. The number of allylic oxidation sites excluding steroid dienone is 1. The molecule has 7 heteroatoms. The molecule has 1 aromatic carbocycles. The zero-order chi connectivity index (χ0) is 16.0. The van der Waals surface area contributed by atoms with E-state index in [9.17, 15) is 18.3 Å². The average molecular weight is 312 g/mol. The van der Waals surface area contributed by atoms with Crippen molar-refractivity contribution >= 4 is 21.7 Å². The predicted molar refractivity (Wildman–Crippen MR) is 82.2 cm³/mol. The molecular formula is C14H20N2O4S. The van der Waals surface area contributed by atoms with Crippen LogP contribution in [0.1, 0.15) is 23.7 Å². The summed E-state index contributed by atoms with van der Waals surface area (Å²) in [5.74, 6) is -1.17. The van der Waals surface area contributed by atoms with Crippen molar-refractivity contribution in [1.29, 1.82) is 0 Å². The Balaban J connectivity index is 3.11. The van der Waals surface area contributed by atoms with Crippen LogP contribution in [0.3, 0.4) is 0 Å². The van der Waals surface area contributed by atoms with E-state index >= 15 is 0 Å². The Labute approximate surface area is 125 Å². The summed E-state index contributed by atoms with van der Waals surface area (Å²) in [7, 11) is -0.844. The van der Waals surface area contributed by atoms with Crippen LogP contribution in [0.15, 0.2) is 35.2 Å². The SMILES string of the molecule is C/C=C/CCNc1ccc(S(=O)(=O)N(C)C)cc1C(=O)O. The Kier molecular flexibility index (Phi) is 5.92. The van der Waals surface area contributed by atoms with Gasteiger partial charge in [-0.2, -0.15) is 0 Å². The van der Waals surface area contributed by atoms with Gasteiger partial charge in [-0.15, -0.1) is 0 Å². The van der Waals surface area contributed by atoms with Crippen molar-refractivity contribution < 1.29 is 18.3 Å². The Morgan fingerprint density at radius 2 is 2.05 bits per heavy atom. The highest BCUT2D eigenvalue weighted by molar-refractivity contribution is 7.89. The first-order valence-electron chi connectivity index (χ1n) is 6.45. The second kappa shape index (κ2) is 7.24. The number of nitrogens with one attached hydrogen (secondary N) is 1. The lowest BCUT2D eigenvalue weighted by molar-refractivity contribution is 0.0697. The number of carbonyl (C=O) groups is 1. The highest BCUT2D eigenvalue weighted by Gasteiger charge is 2.20. The second-order valence-electron chi connectivity index (χ2n) is 4.58. The molecule has 0 spiro atoms. The van der Waals surface area contributed by atoms with Crippen molar-refractivity contribution in [3.8, 4) is 0 Å². The van der Waals surface area contributed by atoms with Crippen molar-refractivity contribution in [2.45, 2.75) is 18.2 Å². The number of carboxylic acid groups (broad SMARTS) is 1. The van der Waals surface area contributed by atoms with E-state index in [1.54, 1.807) is 0 Å². The van der Waals surface area contributed by atoms with E-state index in [0.29, 0.717) is 12.2 Å². The van der Waals surface area contributed by atoms with Gasteiger partial charge in [-0.1, -0.05) is 12.2 Å². The molecule has 0 atom stereocenters. The van der Waals surface area contributed by atoms with Crippen LogP contribution in [0.25, 0.3) is 0 Å². The van der Waals surface area contributed by atoms with Crippen molar-refractivity contribution in [3.05, 3.63) is 35.9 Å². The highest BCUT2D eigenvalue weighted by Crippen LogP contribution is 2.22. The molecule has 0 radical (unpaired) electrons. The second-order valence-corrected chi connectivity index (χ2v) is 6.74. The normalized spacial score (nSPS) is 12.0. The fourth-order valence-corrected chi connectivity index (χ4v) is 2.61. The molecular weight excluding hydrogens is 292 g/mol. The lowest BCUT2D eigenvalue weighted by Gasteiger charge is -2.14. The van der Waals surface area contributed by atoms with E-state index in [-0.39, 0.29) is 10.5 Å². The van der Waals surface area contributed by atoms with Gasteiger partial charge < -0.3 is 10.4 Å². The molecule has 0 aromatic heterocycles. The molecule has 0 bridgehead atoms. The molecule has 0 saturated heterocycles. The first-order valence-corrected chi connectivity index (χ1v) is 7.89. The molecule has 1 rings (SSSR count). The minimum Gasteiger partial charge on any atom is -0.478 e. The maximum absolute atomic E-state index is 12.0. The molecule has 0 heterocycles. The summed E-state index contributed by atoms with van der Waals surface area (Å²) in [6, 6.07) is 4.06. The predicted octanol–water partition coefficient (Wildman–Crippen LogP) is 2.01. The van der Waals surface area contributed by atoms with Crippen LogP contribution in [0.4, 0.5) is 5.69 Å². The third-order valence-corrected chi connectivity index (χ3v) is 4.67. The van der Waals surface area contributed by atoms with E-state index in [0.717, 1.165) is 10.7 Å². The van der Waals surface area contributed by atoms with Crippen LogP contribution in [0.2, 0.25) is 0 Å². The average Bonchev–Trinajstić information content (AvgIpc) is 2.43. The van der Waals surface area contributed by atoms with E-state index < -0.39 is 16.0 Å². The standard InChI is InChI=1S/C14H20N2O4S/c1-4-5-6-9-15-13-8-7-11(10-12(13)14(17)18)21(19,20)16(2)3/h4-5,7-8,10,15H,6,9H2,1-3H3,(H,17,18)/b5-4+. The monoisotopic (exact) mass is 312 g/mol. The summed E-state index contributed by atoms with van der Waals surface area (Å²) in [6.07, 6.45) is 4.62. The molecule has 0 aliphatic carbocycles. The minimum absolute atomic E-state index is 0.0381. The number of carboxylic acids is 1. The number of sulfonamides is 1. The third-order valence-electron chi connectivity index (χ3n) is 2.86. The van der Waals surface area contributed by atoms with Gasteiger partial charge in [0.15, 0.2) is 0 Å². The van der Waals surface area contributed by atoms with Crippen molar-refractivity contribution in [1.82, 2.24) is 4.31 Å². The Morgan fingerprint density at radius 1 is 1.38 bits per heavy atom. The van der Waals surface area contributed by atoms with Crippen molar-refractivity contribution in [2.75, 3.05) is 26.0 Å². The van der Waals surface area contributed by atoms with Crippen molar-refractivity contribution in [2.24, 2.45) is 0 Å². The largest absolute Gasteiger partial charge is 0.478 e. The molecule has 0 aliphatic rings. The highest BCUT2D eigenvalue weighted by atomic mass is 32.2. The third kappa shape index (κ3) is 4.30. The maximum atomic E-state index is 12.0. The van der Waals surface area contributed by atoms with Crippen LogP contribution in [-0.2, 0) is 10.0 Å². The van der Waals surface area contributed by atoms with Gasteiger partial charge in [0.25, 0.3) is 0 Å². The van der Waals surface area contributed by atoms with Gasteiger partial charge in [0.05, 0.1) is 10.5 Å². The van der Waals surface area contributed by atoms with E-state index in [4.69, 9.17) is 0 Å². The van der Waals surface area contributed by atoms with Crippen molar-refractivity contribution in [3.63, 3.8) is 0 Å². The minimum atomic E-state index is -3.65. The first-order chi connectivity index (χ1) is 9.80. The molecule has 0 saturated carbocycles. The zero-order valence-corrected chi connectivity index (χ0v) is 13.1. The van der Waals surface area contributed by atoms with Crippen LogP contribution in [0.5, 0.6) is 0 Å². The quantitative estimate of drug-likeness (QED) is 0.594. The topological polar surface area (TPSA) is 86.7 Å². The van der Waals surface area contributed by atoms with Crippen LogP contribution in [-0.4, -0.2) is 44.4 Å². The van der Waals surface area contributed by atoms with Crippen LogP contribution in [0, 0.1) is 0 Å². The number of rotatable bonds is 7. The Bertz CT molecular complexity index is 636. The van der Waals surface area contributed by atoms with Gasteiger partial charge >= 0.3 is 5.97 Å². The summed E-state index contributed by atoms with van der Waals surface area (Å²) < 4.78 is 25.1. The summed E-state index contributed by atoms with van der Waals surface area (Å²) in [5.41, 5.74) is 0.350. The van der Waals surface area contributed by atoms with Gasteiger partial charge in [0.2, 0.25) is 10.0 Å². The molecule has 2 N–H and O–H groups in total. The summed E-state index contributed by atoms with van der Waals surface area (Å²) >= 11 is 0. The van der Waals surface area contributed by atoms with Gasteiger partial charge in [0, 0.05) is 26.3 Å². The van der Waals surface area contributed by atoms with Gasteiger partial charge in [-0.05, 0) is 31.5 Å². The zero-order valence-electron chi connectivity index (χ0n) is 12.3. The van der Waals surface area contributed by atoms with Crippen LogP contribution >= 0.6 is 0 Å². The molecule has 6 nitrogen and oxygen atoms in total. The summed E-state index contributed by atoms with van der Waals surface area (Å²) in [4.78, 5) is 11.3. The molecule has 21 heavy (non-hydrogen) atoms. The Morgan fingerprint density at radius 3 is 2.57 bits per heavy atom. The molecule has 116 valence electrons. The molecule has 1 aromatic rings. The first kappa shape index (κ1) is 17.2. The van der Waals surface area contributed by atoms with E-state index in [1.165, 1.54) is 32.3 Å². The van der Waals surface area contributed by atoms with E-state index in [1.807, 2.05) is 19.1 Å². The molecule has 0 unspecified atom stereocenters. The van der Waals surface area contributed by atoms with Crippen LogP contribution < -0.4 is 5.32 Å². The fraction of sp³-hybridized carbons (Fsp3) is 0.357. The smallest absolute Gasteiger partial charge is 0.337 e. The van der Waals surface area contributed by atoms with E-state index in [2.05, 4.69) is 5.32 Å². The Hall–Kier alpha value is -1.86. The lowest BCUT2D eigenvalue weighted by atomic mass is 10.1. The summed E-state index contributed by atoms with van der Waals surface area (Å²) in [6.45, 7) is 2.48. The number of hydrogen-bond donors (Lipinski definition) is 2. The summed E-state index contributed by atoms with van der Waals surface area (Å²) in [5, 5.41) is 12.2. The van der Waals surface area contributed by atoms with Gasteiger partial charge in [-0.3, -0.25) is 0 Å². The number of aromatic carboxylic acids is 1. The van der Waals surface area contributed by atoms with Gasteiger partial charge in [0.1, 0.15) is 0 Å². The number of benzene rings is 1. The van der Waals surface area contributed by atoms with Gasteiger partial charge in [-0.25, -0.2) is 17.5 Å². The lowest BCUT2D eigenvalue weighted by Crippen LogP contribution is -2.22. The fourth-order valence-electron chi connectivity index (χ4n) is 1.68. The molecule has 0 aliphatic heterocycles. The number of anilines is 1. The maximum Gasteiger partial charge on any atom is 0.337 e.